The Kier molecular flexibility index (Phi) is 5.74. The highest BCUT2D eigenvalue weighted by atomic mass is 16.3. The molecule has 0 fully saturated rings. The third kappa shape index (κ3) is 4.27. The molecule has 3 nitrogen and oxygen atoms in total. The number of fused-ring (bicyclic) bond motifs is 1. The van der Waals surface area contributed by atoms with E-state index in [1.54, 1.807) is 13.0 Å². The van der Waals surface area contributed by atoms with Crippen LogP contribution in [0.5, 0.6) is 0 Å². The van der Waals surface area contributed by atoms with Crippen LogP contribution in [0.1, 0.15) is 30.5 Å². The fourth-order valence-electron chi connectivity index (χ4n) is 2.97. The maximum absolute atomic E-state index is 9.63. The van der Waals surface area contributed by atoms with Gasteiger partial charge in [0.05, 0.1) is 12.7 Å². The number of rotatable bonds is 5. The van der Waals surface area contributed by atoms with E-state index in [4.69, 9.17) is 5.11 Å². The highest BCUT2D eigenvalue weighted by molar-refractivity contribution is 5.35. The summed E-state index contributed by atoms with van der Waals surface area (Å²) in [5.74, 6) is 0. The summed E-state index contributed by atoms with van der Waals surface area (Å²) in [5, 5.41) is 18.6. The van der Waals surface area contributed by atoms with Crippen LogP contribution < -0.4 is 0 Å². The lowest BCUT2D eigenvalue weighted by Gasteiger charge is -2.35. The van der Waals surface area contributed by atoms with Crippen molar-refractivity contribution in [1.82, 2.24) is 4.90 Å². The molecule has 114 valence electrons. The number of aliphatic hydroxyl groups is 2. The Morgan fingerprint density at radius 2 is 2.19 bits per heavy atom. The number of aliphatic hydroxyl groups excluding tert-OH is 2. The SMILES string of the molecule is CC(O)/C=C(\C=C/CO)CC1c2ccccc2CCN1C. The maximum atomic E-state index is 9.63. The first-order chi connectivity index (χ1) is 10.1. The van der Waals surface area contributed by atoms with Gasteiger partial charge in [-0.05, 0) is 43.5 Å². The molecule has 2 N–H and O–H groups in total. The topological polar surface area (TPSA) is 43.7 Å². The molecule has 0 aliphatic carbocycles. The Morgan fingerprint density at radius 1 is 1.43 bits per heavy atom. The van der Waals surface area contributed by atoms with Crippen LogP contribution >= 0.6 is 0 Å². The average Bonchev–Trinajstić information content (AvgIpc) is 2.47. The molecular weight excluding hydrogens is 262 g/mol. The number of hydrogen-bond donors (Lipinski definition) is 2. The predicted octanol–water partition coefficient (Wildman–Crippen LogP) is 2.46. The number of nitrogens with zero attached hydrogens (tertiary/aromatic N) is 1. The number of allylic oxidation sites excluding steroid dienone is 1. The normalized spacial score (nSPS) is 21.5. The number of hydrogen-bond acceptors (Lipinski definition) is 3. The van der Waals surface area contributed by atoms with E-state index in [0.717, 1.165) is 25.0 Å². The quantitative estimate of drug-likeness (QED) is 0.818. The standard InChI is InChI=1S/C18H25NO2/c1-14(21)12-15(6-5-11-20)13-18-17-8-4-3-7-16(17)9-10-19(18)2/h3-8,12,14,18,20-21H,9-11,13H2,1-2H3/b6-5-,15-12+. The smallest absolute Gasteiger partial charge is 0.0698 e. The molecule has 0 amide bonds. The summed E-state index contributed by atoms with van der Waals surface area (Å²) in [6.45, 7) is 2.83. The monoisotopic (exact) mass is 287 g/mol. The zero-order chi connectivity index (χ0) is 15.2. The van der Waals surface area contributed by atoms with Gasteiger partial charge in [0.2, 0.25) is 0 Å². The third-order valence-corrected chi connectivity index (χ3v) is 4.00. The largest absolute Gasteiger partial charge is 0.392 e. The van der Waals surface area contributed by atoms with Crippen molar-refractivity contribution >= 4 is 0 Å². The summed E-state index contributed by atoms with van der Waals surface area (Å²) in [6, 6.07) is 8.91. The second-order valence-corrected chi connectivity index (χ2v) is 5.72. The van der Waals surface area contributed by atoms with Crippen LogP contribution in [0.3, 0.4) is 0 Å². The zero-order valence-corrected chi connectivity index (χ0v) is 12.9. The van der Waals surface area contributed by atoms with E-state index in [1.165, 1.54) is 11.1 Å². The van der Waals surface area contributed by atoms with Gasteiger partial charge < -0.3 is 10.2 Å². The van der Waals surface area contributed by atoms with E-state index in [9.17, 15) is 5.11 Å². The van der Waals surface area contributed by atoms with E-state index < -0.39 is 6.10 Å². The summed E-state index contributed by atoms with van der Waals surface area (Å²) in [6.07, 6.45) is 6.95. The Balaban J connectivity index is 2.25. The highest BCUT2D eigenvalue weighted by Crippen LogP contribution is 2.33. The number of likely N-dealkylation sites (N-methyl/N-ethyl adjacent to an activating group) is 1. The van der Waals surface area contributed by atoms with Gasteiger partial charge in [-0.3, -0.25) is 4.90 Å². The molecule has 0 spiro atoms. The zero-order valence-electron chi connectivity index (χ0n) is 12.9. The molecule has 2 rings (SSSR count). The first-order valence-corrected chi connectivity index (χ1v) is 7.56. The second kappa shape index (κ2) is 7.55. The lowest BCUT2D eigenvalue weighted by Crippen LogP contribution is -2.32. The van der Waals surface area contributed by atoms with Crippen molar-refractivity contribution in [2.75, 3.05) is 20.2 Å². The predicted molar refractivity (Wildman–Crippen MR) is 86.1 cm³/mol. The number of benzene rings is 1. The van der Waals surface area contributed by atoms with Crippen LogP contribution in [0.4, 0.5) is 0 Å². The van der Waals surface area contributed by atoms with Crippen LogP contribution in [-0.2, 0) is 6.42 Å². The lowest BCUT2D eigenvalue weighted by atomic mass is 9.88. The van der Waals surface area contributed by atoms with Crippen molar-refractivity contribution in [3.63, 3.8) is 0 Å². The molecule has 2 atom stereocenters. The molecule has 1 aromatic rings. The van der Waals surface area contributed by atoms with Crippen LogP contribution in [0.25, 0.3) is 0 Å². The molecule has 1 aliphatic rings. The molecule has 0 radical (unpaired) electrons. The van der Waals surface area contributed by atoms with Crippen LogP contribution in [0.15, 0.2) is 48.1 Å². The molecule has 21 heavy (non-hydrogen) atoms. The van der Waals surface area contributed by atoms with Gasteiger partial charge in [-0.2, -0.15) is 0 Å². The van der Waals surface area contributed by atoms with E-state index in [1.807, 2.05) is 12.2 Å². The molecule has 0 saturated carbocycles. The van der Waals surface area contributed by atoms with Gasteiger partial charge in [0.15, 0.2) is 0 Å². The molecule has 1 aliphatic heterocycles. The van der Waals surface area contributed by atoms with E-state index in [-0.39, 0.29) is 6.61 Å². The lowest BCUT2D eigenvalue weighted by molar-refractivity contribution is 0.225. The van der Waals surface area contributed by atoms with E-state index >= 15 is 0 Å². The molecule has 0 bridgehead atoms. The van der Waals surface area contributed by atoms with Crippen molar-refractivity contribution in [3.8, 4) is 0 Å². The highest BCUT2D eigenvalue weighted by Gasteiger charge is 2.24. The van der Waals surface area contributed by atoms with Gasteiger partial charge in [0.25, 0.3) is 0 Å². The van der Waals surface area contributed by atoms with Gasteiger partial charge in [-0.25, -0.2) is 0 Å². The van der Waals surface area contributed by atoms with Crippen LogP contribution in [-0.4, -0.2) is 41.4 Å². The van der Waals surface area contributed by atoms with Gasteiger partial charge in [0, 0.05) is 12.6 Å². The molecule has 1 aromatic carbocycles. The van der Waals surface area contributed by atoms with Crippen molar-refractivity contribution in [3.05, 3.63) is 59.2 Å². The summed E-state index contributed by atoms with van der Waals surface area (Å²) in [4.78, 5) is 2.37. The minimum Gasteiger partial charge on any atom is -0.392 e. The Morgan fingerprint density at radius 3 is 2.90 bits per heavy atom. The summed E-state index contributed by atoms with van der Waals surface area (Å²) in [5.41, 5.74) is 3.86. The fraction of sp³-hybridized carbons (Fsp3) is 0.444. The molecule has 2 unspecified atom stereocenters. The summed E-state index contributed by atoms with van der Waals surface area (Å²) >= 11 is 0. The van der Waals surface area contributed by atoms with E-state index in [2.05, 4.69) is 36.2 Å². The maximum Gasteiger partial charge on any atom is 0.0698 e. The van der Waals surface area contributed by atoms with E-state index in [0.29, 0.717) is 6.04 Å². The molecule has 0 saturated heterocycles. The van der Waals surface area contributed by atoms with Crippen molar-refractivity contribution in [2.45, 2.75) is 31.9 Å². The molecule has 0 aromatic heterocycles. The molecule has 1 heterocycles. The minimum atomic E-state index is -0.479. The summed E-state index contributed by atoms with van der Waals surface area (Å²) < 4.78 is 0. The van der Waals surface area contributed by atoms with Crippen molar-refractivity contribution < 1.29 is 10.2 Å². The Hall–Kier alpha value is -1.42. The Labute approximate surface area is 127 Å². The third-order valence-electron chi connectivity index (χ3n) is 4.00. The average molecular weight is 287 g/mol. The van der Waals surface area contributed by atoms with Gasteiger partial charge in [0.1, 0.15) is 0 Å². The minimum absolute atomic E-state index is 0.0221. The van der Waals surface area contributed by atoms with Crippen molar-refractivity contribution in [1.29, 1.82) is 0 Å². The summed E-state index contributed by atoms with van der Waals surface area (Å²) in [7, 11) is 2.15. The van der Waals surface area contributed by atoms with Crippen LogP contribution in [0.2, 0.25) is 0 Å². The first kappa shape index (κ1) is 16.0. The molecule has 3 heteroatoms. The van der Waals surface area contributed by atoms with Gasteiger partial charge >= 0.3 is 0 Å². The fourth-order valence-corrected chi connectivity index (χ4v) is 2.97. The van der Waals surface area contributed by atoms with Gasteiger partial charge in [-0.15, -0.1) is 0 Å². The van der Waals surface area contributed by atoms with Gasteiger partial charge in [-0.1, -0.05) is 42.5 Å². The first-order valence-electron chi connectivity index (χ1n) is 7.56. The van der Waals surface area contributed by atoms with Crippen molar-refractivity contribution in [2.24, 2.45) is 0 Å². The Bertz CT molecular complexity index is 520. The van der Waals surface area contributed by atoms with Crippen LogP contribution in [0, 0.1) is 0 Å². The second-order valence-electron chi connectivity index (χ2n) is 5.72. The molecular formula is C18H25NO2.